The molecule has 4 nitrogen and oxygen atoms in total. The normalized spacial score (nSPS) is 12.6. The fraction of sp³-hybridized carbons (Fsp3) is 0.500. The molecule has 2 heterocycles. The van der Waals surface area contributed by atoms with E-state index < -0.39 is 0 Å². The van der Waals surface area contributed by atoms with E-state index in [0.717, 1.165) is 36.1 Å². The molecule has 114 valence electrons. The van der Waals surface area contributed by atoms with Crippen LogP contribution in [0.25, 0.3) is 0 Å². The molecule has 0 radical (unpaired) electrons. The molecule has 1 unspecified atom stereocenters. The maximum atomic E-state index is 4.59. The van der Waals surface area contributed by atoms with E-state index in [-0.39, 0.29) is 6.04 Å². The lowest BCUT2D eigenvalue weighted by molar-refractivity contribution is 0.501. The number of halogens is 1. The summed E-state index contributed by atoms with van der Waals surface area (Å²) in [4.78, 5) is 4.12. The van der Waals surface area contributed by atoms with Crippen LogP contribution in [0, 0.1) is 6.92 Å². The van der Waals surface area contributed by atoms with Crippen molar-refractivity contribution in [2.24, 2.45) is 0 Å². The second-order valence-electron chi connectivity index (χ2n) is 5.15. The zero-order valence-electron chi connectivity index (χ0n) is 12.9. The lowest BCUT2D eigenvalue weighted by Gasteiger charge is -2.19. The third kappa shape index (κ3) is 3.92. The van der Waals surface area contributed by atoms with Gasteiger partial charge in [-0.2, -0.15) is 5.10 Å². The molecule has 1 atom stereocenters. The zero-order valence-corrected chi connectivity index (χ0v) is 14.5. The second kappa shape index (κ2) is 7.71. The van der Waals surface area contributed by atoms with Crippen LogP contribution in [0.15, 0.2) is 29.0 Å². The predicted molar refractivity (Wildman–Crippen MR) is 89.3 cm³/mol. The van der Waals surface area contributed by atoms with Gasteiger partial charge in [0.05, 0.1) is 15.9 Å². The quantitative estimate of drug-likeness (QED) is 0.828. The third-order valence-corrected chi connectivity index (χ3v) is 4.63. The highest BCUT2D eigenvalue weighted by Gasteiger charge is 2.18. The minimum Gasteiger partial charge on any atom is -0.310 e. The predicted octanol–water partition coefficient (Wildman–Crippen LogP) is 3.65. The lowest BCUT2D eigenvalue weighted by atomic mass is 10.0. The summed E-state index contributed by atoms with van der Waals surface area (Å²) in [5, 5.41) is 8.22. The summed E-state index contributed by atoms with van der Waals surface area (Å²) in [5.41, 5.74) is 3.57. The smallest absolute Gasteiger partial charge is 0.0738 e. The maximum Gasteiger partial charge on any atom is 0.0738 e. The van der Waals surface area contributed by atoms with Crippen LogP contribution in [0.5, 0.6) is 0 Å². The molecule has 0 saturated heterocycles. The van der Waals surface area contributed by atoms with Gasteiger partial charge in [-0.05, 0) is 60.4 Å². The van der Waals surface area contributed by atoms with Crippen LogP contribution in [0.1, 0.15) is 43.3 Å². The topological polar surface area (TPSA) is 42.7 Å². The van der Waals surface area contributed by atoms with Gasteiger partial charge < -0.3 is 5.32 Å². The van der Waals surface area contributed by atoms with Gasteiger partial charge in [-0.25, -0.2) is 0 Å². The third-order valence-electron chi connectivity index (χ3n) is 3.60. The molecule has 5 heteroatoms. The van der Waals surface area contributed by atoms with Gasteiger partial charge in [0.15, 0.2) is 0 Å². The van der Waals surface area contributed by atoms with Crippen molar-refractivity contribution in [3.63, 3.8) is 0 Å². The van der Waals surface area contributed by atoms with E-state index >= 15 is 0 Å². The highest BCUT2D eigenvalue weighted by Crippen LogP contribution is 2.26. The Morgan fingerprint density at radius 2 is 2.00 bits per heavy atom. The molecular weight excluding hydrogens is 328 g/mol. The molecule has 0 spiro atoms. The fourth-order valence-corrected chi connectivity index (χ4v) is 2.93. The molecule has 2 aromatic rings. The summed E-state index contributed by atoms with van der Waals surface area (Å²) in [5.74, 6) is 0. The molecule has 0 aromatic carbocycles. The average Bonchev–Trinajstić information content (AvgIpc) is 2.79. The van der Waals surface area contributed by atoms with Crippen LogP contribution in [0.3, 0.4) is 0 Å². The summed E-state index contributed by atoms with van der Waals surface area (Å²) in [6.07, 6.45) is 5.74. The van der Waals surface area contributed by atoms with Crippen molar-refractivity contribution in [2.75, 3.05) is 6.54 Å². The SMILES string of the molecule is CCCNC(Cc1c(Br)c(C)nn1CC)c1ccncc1. The molecule has 0 fully saturated rings. The highest BCUT2D eigenvalue weighted by atomic mass is 79.9. The van der Waals surface area contributed by atoms with Gasteiger partial charge in [0.1, 0.15) is 0 Å². The Bertz CT molecular complexity index is 565. The molecule has 0 aliphatic heterocycles. The van der Waals surface area contributed by atoms with E-state index in [2.05, 4.69) is 62.0 Å². The van der Waals surface area contributed by atoms with E-state index in [1.165, 1.54) is 11.3 Å². The standard InChI is InChI=1S/C16H23BrN4/c1-4-8-19-14(13-6-9-18-10-7-13)11-15-16(17)12(3)20-21(15)5-2/h6-7,9-10,14,19H,4-5,8,11H2,1-3H3. The van der Waals surface area contributed by atoms with E-state index in [4.69, 9.17) is 0 Å². The summed E-state index contributed by atoms with van der Waals surface area (Å²) in [6, 6.07) is 4.45. The molecule has 0 saturated carbocycles. The lowest BCUT2D eigenvalue weighted by Crippen LogP contribution is -2.25. The van der Waals surface area contributed by atoms with Crippen LogP contribution >= 0.6 is 15.9 Å². The van der Waals surface area contributed by atoms with Crippen LogP contribution in [-0.4, -0.2) is 21.3 Å². The Balaban J connectivity index is 2.27. The number of pyridine rings is 1. The van der Waals surface area contributed by atoms with Gasteiger partial charge in [0.2, 0.25) is 0 Å². The average molecular weight is 351 g/mol. The second-order valence-corrected chi connectivity index (χ2v) is 5.95. The van der Waals surface area contributed by atoms with Crippen molar-refractivity contribution < 1.29 is 0 Å². The number of nitrogens with one attached hydrogen (secondary N) is 1. The number of hydrogen-bond acceptors (Lipinski definition) is 3. The minimum absolute atomic E-state index is 0.283. The van der Waals surface area contributed by atoms with E-state index in [0.29, 0.717) is 0 Å². The molecular formula is C16H23BrN4. The van der Waals surface area contributed by atoms with Gasteiger partial charge in [-0.3, -0.25) is 9.67 Å². The Hall–Kier alpha value is -1.20. The number of hydrogen-bond donors (Lipinski definition) is 1. The van der Waals surface area contributed by atoms with E-state index in [9.17, 15) is 0 Å². The summed E-state index contributed by atoms with van der Waals surface area (Å²) < 4.78 is 3.21. The van der Waals surface area contributed by atoms with Crippen molar-refractivity contribution in [3.05, 3.63) is 46.0 Å². The fourth-order valence-electron chi connectivity index (χ4n) is 2.48. The van der Waals surface area contributed by atoms with Gasteiger partial charge in [0, 0.05) is 31.4 Å². The van der Waals surface area contributed by atoms with Crippen molar-refractivity contribution in [1.29, 1.82) is 0 Å². The molecule has 0 amide bonds. The molecule has 0 bridgehead atoms. The first-order chi connectivity index (χ1) is 10.2. The number of aromatic nitrogens is 3. The van der Waals surface area contributed by atoms with Gasteiger partial charge in [-0.15, -0.1) is 0 Å². The van der Waals surface area contributed by atoms with E-state index in [1.54, 1.807) is 0 Å². The monoisotopic (exact) mass is 350 g/mol. The van der Waals surface area contributed by atoms with Crippen LogP contribution in [0.2, 0.25) is 0 Å². The molecule has 1 N–H and O–H groups in total. The Morgan fingerprint density at radius 3 is 2.62 bits per heavy atom. The van der Waals surface area contributed by atoms with Gasteiger partial charge in [-0.1, -0.05) is 6.92 Å². The first kappa shape index (κ1) is 16.2. The van der Waals surface area contributed by atoms with Crippen molar-refractivity contribution >= 4 is 15.9 Å². The molecule has 21 heavy (non-hydrogen) atoms. The first-order valence-corrected chi connectivity index (χ1v) is 8.31. The van der Waals surface area contributed by atoms with Crippen molar-refractivity contribution in [2.45, 2.75) is 46.2 Å². The Kier molecular flexibility index (Phi) is 5.94. The summed E-state index contributed by atoms with van der Waals surface area (Å²) in [7, 11) is 0. The molecule has 0 aliphatic rings. The molecule has 0 aliphatic carbocycles. The largest absolute Gasteiger partial charge is 0.310 e. The summed E-state index contributed by atoms with van der Waals surface area (Å²) in [6.45, 7) is 8.25. The zero-order chi connectivity index (χ0) is 15.2. The van der Waals surface area contributed by atoms with Crippen LogP contribution < -0.4 is 5.32 Å². The van der Waals surface area contributed by atoms with Crippen LogP contribution in [-0.2, 0) is 13.0 Å². The first-order valence-electron chi connectivity index (χ1n) is 7.52. The number of rotatable bonds is 7. The van der Waals surface area contributed by atoms with Crippen LogP contribution in [0.4, 0.5) is 0 Å². The van der Waals surface area contributed by atoms with E-state index in [1.807, 2.05) is 19.3 Å². The number of nitrogens with zero attached hydrogens (tertiary/aromatic N) is 3. The maximum absolute atomic E-state index is 4.59. The van der Waals surface area contributed by atoms with Gasteiger partial charge >= 0.3 is 0 Å². The molecule has 2 rings (SSSR count). The summed E-state index contributed by atoms with van der Waals surface area (Å²) >= 11 is 3.69. The minimum atomic E-state index is 0.283. The van der Waals surface area contributed by atoms with Gasteiger partial charge in [0.25, 0.3) is 0 Å². The van der Waals surface area contributed by atoms with Crippen molar-refractivity contribution in [3.8, 4) is 0 Å². The Morgan fingerprint density at radius 1 is 1.29 bits per heavy atom. The Labute approximate surface area is 135 Å². The number of aryl methyl sites for hydroxylation is 2. The molecule has 2 aromatic heterocycles. The highest BCUT2D eigenvalue weighted by molar-refractivity contribution is 9.10. The van der Waals surface area contributed by atoms with Crippen molar-refractivity contribution in [1.82, 2.24) is 20.1 Å².